The molecule has 2 N–H and O–H groups in total. The number of piperazine rings is 1. The molecule has 2 heterocycles. The number of hydrogen-bond acceptors (Lipinski definition) is 6. The van der Waals surface area contributed by atoms with Crippen LogP contribution in [-0.4, -0.2) is 54.1 Å². The van der Waals surface area contributed by atoms with Crippen molar-refractivity contribution in [2.24, 2.45) is 0 Å². The van der Waals surface area contributed by atoms with Crippen molar-refractivity contribution in [2.75, 3.05) is 48.8 Å². The molecule has 0 aliphatic carbocycles. The molecule has 1 aromatic carbocycles. The molecular weight excluding hydrogens is 324 g/mol. The first kappa shape index (κ1) is 18.5. The second-order valence-corrected chi connectivity index (χ2v) is 7.13. The first-order chi connectivity index (χ1) is 12.5. The highest BCUT2D eigenvalue weighted by atomic mass is 15.2. The van der Waals surface area contributed by atoms with E-state index in [0.29, 0.717) is 12.0 Å². The molecule has 1 unspecified atom stereocenters. The maximum absolute atomic E-state index is 4.59. The number of rotatable bonds is 6. The molecule has 1 aliphatic rings. The molecule has 3 rings (SSSR count). The van der Waals surface area contributed by atoms with Gasteiger partial charge in [-0.1, -0.05) is 6.92 Å². The normalized spacial score (nSPS) is 16.4. The summed E-state index contributed by atoms with van der Waals surface area (Å²) in [6.07, 6.45) is 1.06. The minimum absolute atomic E-state index is 0.389. The van der Waals surface area contributed by atoms with Crippen LogP contribution in [0.2, 0.25) is 0 Å². The molecular formula is C20H30N6. The standard InChI is InChI=1S/C20H30N6/c1-5-15(2)21-19-14-16(3)22-20(24-19)23-17-6-8-18(9-7-17)26-12-10-25(4)11-13-26/h6-9,14-15H,5,10-13H2,1-4H3,(H2,21,22,23,24). The molecule has 6 nitrogen and oxygen atoms in total. The summed E-state index contributed by atoms with van der Waals surface area (Å²) in [7, 11) is 2.18. The van der Waals surface area contributed by atoms with E-state index in [1.807, 2.05) is 13.0 Å². The van der Waals surface area contributed by atoms with E-state index in [9.17, 15) is 0 Å². The molecule has 1 aromatic heterocycles. The number of nitrogens with zero attached hydrogens (tertiary/aromatic N) is 4. The highest BCUT2D eigenvalue weighted by Crippen LogP contribution is 2.22. The third-order valence-electron chi connectivity index (χ3n) is 4.85. The lowest BCUT2D eigenvalue weighted by Gasteiger charge is -2.34. The van der Waals surface area contributed by atoms with E-state index in [1.54, 1.807) is 0 Å². The number of hydrogen-bond donors (Lipinski definition) is 2. The number of aromatic nitrogens is 2. The molecule has 0 bridgehead atoms. The zero-order chi connectivity index (χ0) is 18.5. The number of aryl methyl sites for hydroxylation is 1. The summed E-state index contributed by atoms with van der Waals surface area (Å²) < 4.78 is 0. The van der Waals surface area contributed by atoms with Crippen LogP contribution in [0.1, 0.15) is 26.0 Å². The molecule has 0 radical (unpaired) electrons. The number of likely N-dealkylation sites (N-methyl/N-ethyl adjacent to an activating group) is 1. The van der Waals surface area contributed by atoms with E-state index in [-0.39, 0.29) is 0 Å². The SMILES string of the molecule is CCC(C)Nc1cc(C)nc(Nc2ccc(N3CCN(C)CC3)cc2)n1. The van der Waals surface area contributed by atoms with Gasteiger partial charge in [-0.2, -0.15) is 4.98 Å². The molecule has 140 valence electrons. The average Bonchev–Trinajstić information content (AvgIpc) is 2.62. The van der Waals surface area contributed by atoms with Crippen molar-refractivity contribution >= 4 is 23.1 Å². The van der Waals surface area contributed by atoms with E-state index in [2.05, 4.69) is 75.6 Å². The Balaban J connectivity index is 1.67. The minimum atomic E-state index is 0.389. The fourth-order valence-corrected chi connectivity index (χ4v) is 3.00. The van der Waals surface area contributed by atoms with Crippen LogP contribution in [0.15, 0.2) is 30.3 Å². The first-order valence-corrected chi connectivity index (χ1v) is 9.46. The van der Waals surface area contributed by atoms with Gasteiger partial charge in [0.05, 0.1) is 0 Å². The summed E-state index contributed by atoms with van der Waals surface area (Å²) in [4.78, 5) is 13.9. The van der Waals surface area contributed by atoms with Crippen LogP contribution >= 0.6 is 0 Å². The Morgan fingerprint density at radius 3 is 2.42 bits per heavy atom. The monoisotopic (exact) mass is 354 g/mol. The van der Waals surface area contributed by atoms with E-state index in [0.717, 1.165) is 49.8 Å². The van der Waals surface area contributed by atoms with Gasteiger partial charge in [-0.15, -0.1) is 0 Å². The molecule has 0 spiro atoms. The van der Waals surface area contributed by atoms with Gasteiger partial charge in [-0.05, 0) is 51.6 Å². The van der Waals surface area contributed by atoms with E-state index in [4.69, 9.17) is 0 Å². The topological polar surface area (TPSA) is 56.3 Å². The van der Waals surface area contributed by atoms with Crippen molar-refractivity contribution in [3.05, 3.63) is 36.0 Å². The van der Waals surface area contributed by atoms with Crippen molar-refractivity contribution in [3.63, 3.8) is 0 Å². The summed E-state index contributed by atoms with van der Waals surface area (Å²) in [6, 6.07) is 10.9. The zero-order valence-corrected chi connectivity index (χ0v) is 16.3. The predicted octanol–water partition coefficient (Wildman–Crippen LogP) is 3.49. The van der Waals surface area contributed by atoms with Crippen LogP contribution in [0.5, 0.6) is 0 Å². The second kappa shape index (κ2) is 8.36. The van der Waals surface area contributed by atoms with E-state index >= 15 is 0 Å². The van der Waals surface area contributed by atoms with Gasteiger partial charge in [0, 0.05) is 55.4 Å². The predicted molar refractivity (Wildman–Crippen MR) is 110 cm³/mol. The Hall–Kier alpha value is -2.34. The van der Waals surface area contributed by atoms with Crippen LogP contribution in [0.4, 0.5) is 23.1 Å². The fourth-order valence-electron chi connectivity index (χ4n) is 3.00. The lowest BCUT2D eigenvalue weighted by Crippen LogP contribution is -2.44. The highest BCUT2D eigenvalue weighted by molar-refractivity contribution is 5.60. The van der Waals surface area contributed by atoms with E-state index in [1.165, 1.54) is 5.69 Å². The van der Waals surface area contributed by atoms with Gasteiger partial charge in [0.25, 0.3) is 0 Å². The largest absolute Gasteiger partial charge is 0.369 e. The van der Waals surface area contributed by atoms with Crippen LogP contribution in [0.3, 0.4) is 0 Å². The molecule has 0 amide bonds. The Kier molecular flexibility index (Phi) is 5.93. The van der Waals surface area contributed by atoms with Crippen LogP contribution in [-0.2, 0) is 0 Å². The summed E-state index contributed by atoms with van der Waals surface area (Å²) in [5, 5.41) is 6.74. The van der Waals surface area contributed by atoms with E-state index < -0.39 is 0 Å². The second-order valence-electron chi connectivity index (χ2n) is 7.13. The van der Waals surface area contributed by atoms with Crippen molar-refractivity contribution < 1.29 is 0 Å². The van der Waals surface area contributed by atoms with Gasteiger partial charge in [0.15, 0.2) is 0 Å². The Morgan fingerprint density at radius 1 is 1.08 bits per heavy atom. The van der Waals surface area contributed by atoms with Crippen molar-refractivity contribution in [3.8, 4) is 0 Å². The van der Waals surface area contributed by atoms with Crippen LogP contribution in [0.25, 0.3) is 0 Å². The number of benzene rings is 1. The Bertz CT molecular complexity index is 707. The first-order valence-electron chi connectivity index (χ1n) is 9.46. The minimum Gasteiger partial charge on any atom is -0.369 e. The van der Waals surface area contributed by atoms with Crippen molar-refractivity contribution in [1.29, 1.82) is 0 Å². The molecule has 0 saturated carbocycles. The third-order valence-corrected chi connectivity index (χ3v) is 4.85. The maximum atomic E-state index is 4.59. The van der Waals surface area contributed by atoms with Gasteiger partial charge in [-0.3, -0.25) is 0 Å². The highest BCUT2D eigenvalue weighted by Gasteiger charge is 2.14. The Morgan fingerprint density at radius 2 is 1.77 bits per heavy atom. The molecule has 1 fully saturated rings. The van der Waals surface area contributed by atoms with Gasteiger partial charge in [-0.25, -0.2) is 4.98 Å². The quantitative estimate of drug-likeness (QED) is 0.828. The van der Waals surface area contributed by atoms with Crippen LogP contribution in [0, 0.1) is 6.92 Å². The maximum Gasteiger partial charge on any atom is 0.229 e. The van der Waals surface area contributed by atoms with Crippen molar-refractivity contribution in [1.82, 2.24) is 14.9 Å². The third kappa shape index (κ3) is 4.85. The summed E-state index contributed by atoms with van der Waals surface area (Å²) in [6.45, 7) is 10.7. The average molecular weight is 355 g/mol. The van der Waals surface area contributed by atoms with Gasteiger partial charge in [0.1, 0.15) is 5.82 Å². The van der Waals surface area contributed by atoms with Gasteiger partial charge >= 0.3 is 0 Å². The fraction of sp³-hybridized carbons (Fsp3) is 0.500. The zero-order valence-electron chi connectivity index (χ0n) is 16.3. The lowest BCUT2D eigenvalue weighted by atomic mass is 10.2. The molecule has 26 heavy (non-hydrogen) atoms. The molecule has 1 saturated heterocycles. The van der Waals surface area contributed by atoms with Crippen molar-refractivity contribution in [2.45, 2.75) is 33.2 Å². The molecule has 1 atom stereocenters. The molecule has 1 aliphatic heterocycles. The van der Waals surface area contributed by atoms with Gasteiger partial charge in [0.2, 0.25) is 5.95 Å². The summed E-state index contributed by atoms with van der Waals surface area (Å²) in [5.41, 5.74) is 3.22. The Labute approximate surface area is 156 Å². The molecule has 2 aromatic rings. The lowest BCUT2D eigenvalue weighted by molar-refractivity contribution is 0.313. The summed E-state index contributed by atoms with van der Waals surface area (Å²) >= 11 is 0. The smallest absolute Gasteiger partial charge is 0.229 e. The number of anilines is 4. The molecule has 6 heteroatoms. The summed E-state index contributed by atoms with van der Waals surface area (Å²) in [5.74, 6) is 1.49. The van der Waals surface area contributed by atoms with Gasteiger partial charge < -0.3 is 20.4 Å². The van der Waals surface area contributed by atoms with Crippen LogP contribution < -0.4 is 15.5 Å². The number of nitrogens with one attached hydrogen (secondary N) is 2.